The molecule has 2 saturated heterocycles. The molecule has 0 spiro atoms. The molecule has 1 unspecified atom stereocenters. The SMILES string of the molecule is CCN(CC)C(=O)c1ccc(C(Br)=C2CCN(CCCOC3CCCCO3)CC2)cc1. The zero-order valence-corrected chi connectivity index (χ0v) is 20.7. The first-order chi connectivity index (χ1) is 15.1. The molecule has 0 aliphatic carbocycles. The molecule has 0 saturated carbocycles. The Hall–Kier alpha value is -1.21. The van der Waals surface area contributed by atoms with Gasteiger partial charge in [-0.05, 0) is 70.1 Å². The first-order valence-electron chi connectivity index (χ1n) is 11.8. The van der Waals surface area contributed by atoms with Gasteiger partial charge in [-0.3, -0.25) is 4.79 Å². The van der Waals surface area contributed by atoms with Crippen molar-refractivity contribution in [2.24, 2.45) is 0 Å². The zero-order valence-electron chi connectivity index (χ0n) is 19.1. The van der Waals surface area contributed by atoms with Crippen molar-refractivity contribution in [2.45, 2.75) is 58.7 Å². The lowest BCUT2D eigenvalue weighted by Gasteiger charge is -2.29. The summed E-state index contributed by atoms with van der Waals surface area (Å²) in [5.74, 6) is 0.104. The van der Waals surface area contributed by atoms with Crippen LogP contribution in [0.5, 0.6) is 0 Å². The van der Waals surface area contributed by atoms with Gasteiger partial charge in [0.05, 0.1) is 6.61 Å². The summed E-state index contributed by atoms with van der Waals surface area (Å²) >= 11 is 3.83. The number of carbonyl (C=O) groups is 1. The quantitative estimate of drug-likeness (QED) is 0.438. The van der Waals surface area contributed by atoms with E-state index in [0.717, 1.165) is 89.2 Å². The summed E-state index contributed by atoms with van der Waals surface area (Å²) in [7, 11) is 0. The highest BCUT2D eigenvalue weighted by Gasteiger charge is 2.18. The molecule has 2 aliphatic rings. The maximum Gasteiger partial charge on any atom is 0.253 e. The lowest BCUT2D eigenvalue weighted by atomic mass is 10.00. The summed E-state index contributed by atoms with van der Waals surface area (Å²) in [5.41, 5.74) is 3.37. The fourth-order valence-corrected chi connectivity index (χ4v) is 4.93. The number of piperidine rings is 1. The molecule has 2 aliphatic heterocycles. The summed E-state index contributed by atoms with van der Waals surface area (Å²) < 4.78 is 12.7. The minimum atomic E-state index is 0.0225. The number of nitrogens with zero attached hydrogens (tertiary/aromatic N) is 2. The third kappa shape index (κ3) is 7.14. The van der Waals surface area contributed by atoms with Crippen LogP contribution in [0.3, 0.4) is 0 Å². The fourth-order valence-electron chi connectivity index (χ4n) is 4.27. The summed E-state index contributed by atoms with van der Waals surface area (Å²) in [6.45, 7) is 10.4. The van der Waals surface area contributed by atoms with Gasteiger partial charge in [0.15, 0.2) is 6.29 Å². The van der Waals surface area contributed by atoms with E-state index >= 15 is 0 Å². The zero-order chi connectivity index (χ0) is 22.1. The summed E-state index contributed by atoms with van der Waals surface area (Å²) in [6, 6.07) is 8.02. The third-order valence-electron chi connectivity index (χ3n) is 6.27. The van der Waals surface area contributed by atoms with E-state index in [1.165, 1.54) is 16.5 Å². The highest BCUT2D eigenvalue weighted by Crippen LogP contribution is 2.31. The molecular weight excluding hydrogens is 456 g/mol. The molecular formula is C25H37BrN2O3. The lowest BCUT2D eigenvalue weighted by Crippen LogP contribution is -2.32. The van der Waals surface area contributed by atoms with Crippen LogP contribution in [0.25, 0.3) is 4.48 Å². The molecule has 1 amide bonds. The molecule has 0 bridgehead atoms. The Kier molecular flexibility index (Phi) is 10.0. The van der Waals surface area contributed by atoms with Crippen LogP contribution < -0.4 is 0 Å². The summed E-state index contributed by atoms with van der Waals surface area (Å²) in [5, 5.41) is 0. The van der Waals surface area contributed by atoms with Crippen LogP contribution >= 0.6 is 15.9 Å². The number of hydrogen-bond donors (Lipinski definition) is 0. The van der Waals surface area contributed by atoms with Gasteiger partial charge in [0.2, 0.25) is 0 Å². The summed E-state index contributed by atoms with van der Waals surface area (Å²) in [6.07, 6.45) is 6.65. The van der Waals surface area contributed by atoms with Gasteiger partial charge in [-0.1, -0.05) is 33.6 Å². The largest absolute Gasteiger partial charge is 0.353 e. The monoisotopic (exact) mass is 492 g/mol. The number of ether oxygens (including phenoxy) is 2. The number of halogens is 1. The second kappa shape index (κ2) is 12.7. The molecule has 172 valence electrons. The number of hydrogen-bond acceptors (Lipinski definition) is 4. The van der Waals surface area contributed by atoms with Gasteiger partial charge >= 0.3 is 0 Å². The second-order valence-corrected chi connectivity index (χ2v) is 9.13. The predicted molar refractivity (Wildman–Crippen MR) is 129 cm³/mol. The standard InChI is InChI=1S/C25H37BrN2O3/c1-3-28(4-2)25(29)22-11-9-20(10-12-22)24(26)21-13-16-27(17-14-21)15-7-19-31-23-8-5-6-18-30-23/h9-12,23H,3-8,13-19H2,1-2H3. The number of benzene rings is 1. The van der Waals surface area contributed by atoms with Gasteiger partial charge in [0, 0.05) is 49.4 Å². The van der Waals surface area contributed by atoms with E-state index in [9.17, 15) is 4.79 Å². The van der Waals surface area contributed by atoms with Gasteiger partial charge < -0.3 is 19.3 Å². The van der Waals surface area contributed by atoms with Crippen LogP contribution in [-0.4, -0.2) is 67.9 Å². The number of amides is 1. The van der Waals surface area contributed by atoms with E-state index in [-0.39, 0.29) is 12.2 Å². The van der Waals surface area contributed by atoms with E-state index in [1.54, 1.807) is 0 Å². The number of carbonyl (C=O) groups excluding carboxylic acids is 1. The van der Waals surface area contributed by atoms with Crippen molar-refractivity contribution in [1.29, 1.82) is 0 Å². The normalized spacial score (nSPS) is 20.0. The molecule has 6 heteroatoms. The van der Waals surface area contributed by atoms with Gasteiger partial charge in [-0.25, -0.2) is 0 Å². The van der Waals surface area contributed by atoms with Crippen LogP contribution in [-0.2, 0) is 9.47 Å². The molecule has 1 aromatic carbocycles. The Morgan fingerprint density at radius 1 is 1.13 bits per heavy atom. The predicted octanol–water partition coefficient (Wildman–Crippen LogP) is 5.30. The van der Waals surface area contributed by atoms with Crippen molar-refractivity contribution in [3.05, 3.63) is 41.0 Å². The molecule has 1 atom stereocenters. The molecule has 3 rings (SSSR count). The highest BCUT2D eigenvalue weighted by atomic mass is 79.9. The maximum absolute atomic E-state index is 12.5. The van der Waals surface area contributed by atoms with Crippen molar-refractivity contribution in [3.8, 4) is 0 Å². The molecule has 5 nitrogen and oxygen atoms in total. The molecule has 2 fully saturated rings. The molecule has 0 aromatic heterocycles. The average Bonchev–Trinajstić information content (AvgIpc) is 2.83. The third-order valence-corrected chi connectivity index (χ3v) is 7.28. The average molecular weight is 493 g/mol. The molecule has 0 N–H and O–H groups in total. The second-order valence-electron chi connectivity index (χ2n) is 8.33. The molecule has 2 heterocycles. The van der Waals surface area contributed by atoms with E-state index in [4.69, 9.17) is 9.47 Å². The van der Waals surface area contributed by atoms with Crippen molar-refractivity contribution in [2.75, 3.05) is 45.9 Å². The first kappa shape index (κ1) is 24.4. The van der Waals surface area contributed by atoms with Crippen LogP contribution in [0.1, 0.15) is 68.3 Å². The van der Waals surface area contributed by atoms with Gasteiger partial charge in [-0.15, -0.1) is 0 Å². The summed E-state index contributed by atoms with van der Waals surface area (Å²) in [4.78, 5) is 16.9. The van der Waals surface area contributed by atoms with Crippen LogP contribution in [0.4, 0.5) is 0 Å². The van der Waals surface area contributed by atoms with Crippen LogP contribution in [0, 0.1) is 0 Å². The Morgan fingerprint density at radius 3 is 2.42 bits per heavy atom. The number of likely N-dealkylation sites (tertiary alicyclic amines) is 1. The smallest absolute Gasteiger partial charge is 0.253 e. The Bertz CT molecular complexity index is 715. The van der Waals surface area contributed by atoms with E-state index in [2.05, 4.69) is 33.0 Å². The minimum Gasteiger partial charge on any atom is -0.353 e. The maximum atomic E-state index is 12.5. The van der Waals surface area contributed by atoms with Gasteiger partial charge in [0.25, 0.3) is 5.91 Å². The van der Waals surface area contributed by atoms with Crippen molar-refractivity contribution in [1.82, 2.24) is 9.80 Å². The van der Waals surface area contributed by atoms with E-state index in [1.807, 2.05) is 30.9 Å². The van der Waals surface area contributed by atoms with Gasteiger partial charge in [-0.2, -0.15) is 0 Å². The van der Waals surface area contributed by atoms with Crippen molar-refractivity contribution >= 4 is 26.3 Å². The molecule has 31 heavy (non-hydrogen) atoms. The Morgan fingerprint density at radius 2 is 1.81 bits per heavy atom. The first-order valence-corrected chi connectivity index (χ1v) is 12.6. The van der Waals surface area contributed by atoms with Gasteiger partial charge in [0.1, 0.15) is 0 Å². The van der Waals surface area contributed by atoms with Crippen LogP contribution in [0.2, 0.25) is 0 Å². The Balaban J connectivity index is 1.44. The Labute approximate surface area is 195 Å². The number of rotatable bonds is 9. The molecule has 0 radical (unpaired) electrons. The van der Waals surface area contributed by atoms with Crippen LogP contribution in [0.15, 0.2) is 29.8 Å². The lowest BCUT2D eigenvalue weighted by molar-refractivity contribution is -0.163. The van der Waals surface area contributed by atoms with Crippen molar-refractivity contribution in [3.63, 3.8) is 0 Å². The highest BCUT2D eigenvalue weighted by molar-refractivity contribution is 9.15. The molecule has 1 aromatic rings. The van der Waals surface area contributed by atoms with Crippen molar-refractivity contribution < 1.29 is 14.3 Å². The van der Waals surface area contributed by atoms with E-state index in [0.29, 0.717) is 0 Å². The van der Waals surface area contributed by atoms with E-state index < -0.39 is 0 Å². The topological polar surface area (TPSA) is 42.0 Å². The fraction of sp³-hybridized carbons (Fsp3) is 0.640. The minimum absolute atomic E-state index is 0.0225.